The van der Waals surface area contributed by atoms with Crippen LogP contribution in [0, 0.1) is 0 Å². The van der Waals surface area contributed by atoms with Crippen molar-refractivity contribution >= 4 is 33.8 Å². The van der Waals surface area contributed by atoms with E-state index in [0.29, 0.717) is 24.8 Å². The molecular weight excluding hydrogens is 462 g/mol. The van der Waals surface area contributed by atoms with E-state index in [1.165, 1.54) is 7.11 Å². The van der Waals surface area contributed by atoms with Crippen molar-refractivity contribution in [3.8, 4) is 0 Å². The second-order valence-electron chi connectivity index (χ2n) is 7.18. The van der Waals surface area contributed by atoms with Crippen LogP contribution in [0.5, 0.6) is 0 Å². The molecule has 6 nitrogen and oxygen atoms in total. The Morgan fingerprint density at radius 2 is 1.68 bits per heavy atom. The highest BCUT2D eigenvalue weighted by molar-refractivity contribution is 9.10. The number of rotatable bonds is 11. The third-order valence-corrected chi connectivity index (χ3v) is 5.55. The van der Waals surface area contributed by atoms with Crippen LogP contribution in [-0.4, -0.2) is 37.1 Å². The lowest BCUT2D eigenvalue weighted by molar-refractivity contribution is -0.152. The molecule has 2 aromatic carbocycles. The van der Waals surface area contributed by atoms with Crippen LogP contribution in [0.3, 0.4) is 0 Å². The van der Waals surface area contributed by atoms with Crippen LogP contribution < -0.4 is 5.32 Å². The molecule has 1 amide bonds. The zero-order chi connectivity index (χ0) is 22.7. The fourth-order valence-corrected chi connectivity index (χ4v) is 3.57. The predicted octanol–water partition coefficient (Wildman–Crippen LogP) is 4.46. The smallest absolute Gasteiger partial charge is 0.331 e. The van der Waals surface area contributed by atoms with Gasteiger partial charge >= 0.3 is 11.9 Å². The maximum absolute atomic E-state index is 13.1. The van der Waals surface area contributed by atoms with Gasteiger partial charge in [0.05, 0.1) is 13.7 Å². The topological polar surface area (TPSA) is 81.7 Å². The van der Waals surface area contributed by atoms with Crippen molar-refractivity contribution in [1.82, 2.24) is 5.32 Å². The van der Waals surface area contributed by atoms with Gasteiger partial charge in [0.2, 0.25) is 0 Å². The number of nitrogens with one attached hydrogen (secondary N) is 1. The summed E-state index contributed by atoms with van der Waals surface area (Å²) in [5.74, 6) is -1.23. The summed E-state index contributed by atoms with van der Waals surface area (Å²) >= 11 is 3.36. The molecule has 0 aromatic heterocycles. The number of ether oxygens (including phenoxy) is 2. The zero-order valence-corrected chi connectivity index (χ0v) is 19.4. The standard InChI is InChI=1S/C24H28BrNO5/c1-3-31-23(29)24(16-7-10-21(27)30-2,17-15-18-8-5-4-6-9-18)26-22(28)19-11-13-20(25)14-12-19/h4-6,8-9,11-14H,3,7,10,15-17H2,1-2H3,(H,26,28)/t24-/m1/s1. The molecule has 0 spiro atoms. The van der Waals surface area contributed by atoms with Crippen LogP contribution in [0.15, 0.2) is 59.1 Å². The fourth-order valence-electron chi connectivity index (χ4n) is 3.30. The number of carbonyl (C=O) groups is 3. The van der Waals surface area contributed by atoms with E-state index >= 15 is 0 Å². The Labute approximate surface area is 191 Å². The number of carbonyl (C=O) groups excluding carboxylic acids is 3. The summed E-state index contributed by atoms with van der Waals surface area (Å²) in [6.45, 7) is 1.92. The van der Waals surface area contributed by atoms with Crippen LogP contribution >= 0.6 is 15.9 Å². The Morgan fingerprint density at radius 1 is 1.00 bits per heavy atom. The summed E-state index contributed by atoms with van der Waals surface area (Å²) in [4.78, 5) is 37.7. The van der Waals surface area contributed by atoms with Crippen molar-refractivity contribution in [2.75, 3.05) is 13.7 Å². The molecular formula is C24H28BrNO5. The van der Waals surface area contributed by atoms with Crippen LogP contribution in [0.4, 0.5) is 0 Å². The molecule has 7 heteroatoms. The van der Waals surface area contributed by atoms with Gasteiger partial charge in [-0.25, -0.2) is 4.79 Å². The average Bonchev–Trinajstić information content (AvgIpc) is 2.78. The molecule has 166 valence electrons. The van der Waals surface area contributed by atoms with Crippen molar-refractivity contribution in [2.24, 2.45) is 0 Å². The van der Waals surface area contributed by atoms with Gasteiger partial charge in [-0.05, 0) is 62.4 Å². The lowest BCUT2D eigenvalue weighted by atomic mass is 9.85. The van der Waals surface area contributed by atoms with Gasteiger partial charge in [-0.1, -0.05) is 46.3 Å². The Bertz CT molecular complexity index is 869. The number of amides is 1. The molecule has 0 aliphatic carbocycles. The first-order chi connectivity index (χ1) is 14.9. The van der Waals surface area contributed by atoms with Crippen LogP contribution in [0.2, 0.25) is 0 Å². The number of benzene rings is 2. The molecule has 0 aliphatic rings. The zero-order valence-electron chi connectivity index (χ0n) is 17.9. The number of aryl methyl sites for hydroxylation is 1. The molecule has 0 heterocycles. The number of hydrogen-bond donors (Lipinski definition) is 1. The molecule has 2 rings (SSSR count). The fraction of sp³-hybridized carbons (Fsp3) is 0.375. The van der Waals surface area contributed by atoms with E-state index in [1.807, 2.05) is 30.3 Å². The third kappa shape index (κ3) is 7.51. The van der Waals surface area contributed by atoms with E-state index < -0.39 is 11.5 Å². The molecule has 0 radical (unpaired) electrons. The second kappa shape index (κ2) is 12.2. The summed E-state index contributed by atoms with van der Waals surface area (Å²) in [5.41, 5.74) is 0.218. The van der Waals surface area contributed by atoms with E-state index in [-0.39, 0.29) is 31.3 Å². The third-order valence-electron chi connectivity index (χ3n) is 5.02. The summed E-state index contributed by atoms with van der Waals surface area (Å²) in [7, 11) is 1.33. The second-order valence-corrected chi connectivity index (χ2v) is 8.09. The van der Waals surface area contributed by atoms with Gasteiger partial charge in [0.15, 0.2) is 0 Å². The largest absolute Gasteiger partial charge is 0.469 e. The van der Waals surface area contributed by atoms with E-state index in [0.717, 1.165) is 10.0 Å². The van der Waals surface area contributed by atoms with Gasteiger partial charge in [-0.3, -0.25) is 9.59 Å². The Kier molecular flexibility index (Phi) is 9.72. The average molecular weight is 490 g/mol. The van der Waals surface area contributed by atoms with E-state index in [9.17, 15) is 14.4 Å². The van der Waals surface area contributed by atoms with Crippen LogP contribution in [-0.2, 0) is 25.5 Å². The quantitative estimate of drug-likeness (QED) is 0.471. The lowest BCUT2D eigenvalue weighted by Gasteiger charge is -2.33. The van der Waals surface area contributed by atoms with Crippen molar-refractivity contribution in [3.63, 3.8) is 0 Å². The Hall–Kier alpha value is -2.67. The van der Waals surface area contributed by atoms with E-state index in [4.69, 9.17) is 9.47 Å². The van der Waals surface area contributed by atoms with Crippen molar-refractivity contribution in [2.45, 2.75) is 44.6 Å². The highest BCUT2D eigenvalue weighted by Crippen LogP contribution is 2.25. The molecule has 0 aliphatic heterocycles. The van der Waals surface area contributed by atoms with Gasteiger partial charge in [0, 0.05) is 16.5 Å². The highest BCUT2D eigenvalue weighted by atomic mass is 79.9. The molecule has 0 fully saturated rings. The molecule has 1 N–H and O–H groups in total. The van der Waals surface area contributed by atoms with Crippen molar-refractivity contribution < 1.29 is 23.9 Å². The number of esters is 2. The van der Waals surface area contributed by atoms with Crippen LogP contribution in [0.1, 0.15) is 48.5 Å². The van der Waals surface area contributed by atoms with Gasteiger partial charge in [-0.15, -0.1) is 0 Å². The number of hydrogen-bond acceptors (Lipinski definition) is 5. The van der Waals surface area contributed by atoms with Gasteiger partial charge in [-0.2, -0.15) is 0 Å². The molecule has 2 aromatic rings. The van der Waals surface area contributed by atoms with Gasteiger partial charge in [0.25, 0.3) is 5.91 Å². The summed E-state index contributed by atoms with van der Waals surface area (Å²) in [6, 6.07) is 16.6. The van der Waals surface area contributed by atoms with Gasteiger partial charge in [0.1, 0.15) is 5.54 Å². The minimum atomic E-state index is -1.26. The number of halogens is 1. The Morgan fingerprint density at radius 3 is 2.29 bits per heavy atom. The molecule has 0 saturated heterocycles. The van der Waals surface area contributed by atoms with Crippen LogP contribution in [0.25, 0.3) is 0 Å². The Balaban J connectivity index is 2.30. The SMILES string of the molecule is CCOC(=O)[C@@](CCCC(=O)OC)(CCc1ccccc1)NC(=O)c1ccc(Br)cc1. The first-order valence-electron chi connectivity index (χ1n) is 10.3. The first-order valence-corrected chi connectivity index (χ1v) is 11.1. The minimum Gasteiger partial charge on any atom is -0.469 e. The van der Waals surface area contributed by atoms with E-state index in [2.05, 4.69) is 21.2 Å². The molecule has 0 bridgehead atoms. The molecule has 0 saturated carbocycles. The maximum Gasteiger partial charge on any atom is 0.331 e. The summed E-state index contributed by atoms with van der Waals surface area (Å²) in [5, 5.41) is 2.93. The monoisotopic (exact) mass is 489 g/mol. The predicted molar refractivity (Wildman–Crippen MR) is 122 cm³/mol. The first kappa shape index (κ1) is 24.6. The van der Waals surface area contributed by atoms with E-state index in [1.54, 1.807) is 31.2 Å². The molecule has 0 unspecified atom stereocenters. The summed E-state index contributed by atoms with van der Waals surface area (Å²) in [6.07, 6.45) is 1.70. The molecule has 31 heavy (non-hydrogen) atoms. The molecule has 1 atom stereocenters. The highest BCUT2D eigenvalue weighted by Gasteiger charge is 2.41. The maximum atomic E-state index is 13.1. The van der Waals surface area contributed by atoms with Gasteiger partial charge < -0.3 is 14.8 Å². The normalized spacial score (nSPS) is 12.5. The summed E-state index contributed by atoms with van der Waals surface area (Å²) < 4.78 is 10.9. The lowest BCUT2D eigenvalue weighted by Crippen LogP contribution is -2.55. The number of methoxy groups -OCH3 is 1. The minimum absolute atomic E-state index is 0.150. The van der Waals surface area contributed by atoms with Crippen molar-refractivity contribution in [3.05, 3.63) is 70.2 Å². The van der Waals surface area contributed by atoms with Crippen molar-refractivity contribution in [1.29, 1.82) is 0 Å².